The number of para-hydroxylation sites is 1. The van der Waals surface area contributed by atoms with Crippen LogP contribution in [0.5, 0.6) is 5.75 Å². The van der Waals surface area contributed by atoms with E-state index in [1.807, 2.05) is 0 Å². The van der Waals surface area contributed by atoms with Gasteiger partial charge in [-0.2, -0.15) is 0 Å². The highest BCUT2D eigenvalue weighted by atomic mass is 35.5. The predicted octanol–water partition coefficient (Wildman–Crippen LogP) is 3.34. The lowest BCUT2D eigenvalue weighted by Gasteiger charge is -2.11. The van der Waals surface area contributed by atoms with Gasteiger partial charge in [0.25, 0.3) is 0 Å². The van der Waals surface area contributed by atoms with Gasteiger partial charge in [0.1, 0.15) is 24.0 Å². The highest BCUT2D eigenvalue weighted by Crippen LogP contribution is 2.23. The molecule has 0 atom stereocenters. The number of benzene rings is 2. The zero-order chi connectivity index (χ0) is 13.8. The van der Waals surface area contributed by atoms with E-state index in [0.29, 0.717) is 16.9 Å². The average molecular weight is 279 g/mol. The van der Waals surface area contributed by atoms with Crippen molar-refractivity contribution in [3.05, 3.63) is 64.4 Å². The van der Waals surface area contributed by atoms with E-state index in [-0.39, 0.29) is 17.5 Å². The molecule has 3 nitrogen and oxygen atoms in total. The largest absolute Gasteiger partial charge is 0.488 e. The molecule has 0 spiro atoms. The molecular formula is C14H12ClFN2O. The molecular weight excluding hydrogens is 267 g/mol. The smallest absolute Gasteiger partial charge is 0.142 e. The number of nitrogen functional groups attached to an aromatic ring is 1. The number of nitrogens with one attached hydrogen (secondary N) is 1. The Balaban J connectivity index is 2.19. The van der Waals surface area contributed by atoms with Crippen LogP contribution in [-0.2, 0) is 6.61 Å². The van der Waals surface area contributed by atoms with Gasteiger partial charge in [-0.1, -0.05) is 35.9 Å². The average Bonchev–Trinajstić information content (AvgIpc) is 2.40. The van der Waals surface area contributed by atoms with E-state index in [9.17, 15) is 4.39 Å². The molecule has 0 aromatic heterocycles. The molecule has 0 saturated carbocycles. The van der Waals surface area contributed by atoms with E-state index in [0.717, 1.165) is 0 Å². The summed E-state index contributed by atoms with van der Waals surface area (Å²) >= 11 is 5.84. The highest BCUT2D eigenvalue weighted by Gasteiger charge is 2.09. The topological polar surface area (TPSA) is 59.1 Å². The molecule has 19 heavy (non-hydrogen) atoms. The molecule has 2 aromatic carbocycles. The van der Waals surface area contributed by atoms with Gasteiger partial charge < -0.3 is 10.5 Å². The minimum Gasteiger partial charge on any atom is -0.488 e. The molecule has 0 bridgehead atoms. The van der Waals surface area contributed by atoms with E-state index >= 15 is 0 Å². The molecule has 0 aliphatic rings. The van der Waals surface area contributed by atoms with Gasteiger partial charge in [0.15, 0.2) is 0 Å². The number of hydrogen-bond acceptors (Lipinski definition) is 2. The monoisotopic (exact) mass is 278 g/mol. The Morgan fingerprint density at radius 2 is 1.95 bits per heavy atom. The summed E-state index contributed by atoms with van der Waals surface area (Å²) in [6.45, 7) is 0.112. The Labute approximate surface area is 115 Å². The summed E-state index contributed by atoms with van der Waals surface area (Å²) in [5.41, 5.74) is 6.49. The van der Waals surface area contributed by atoms with Crippen LogP contribution < -0.4 is 10.5 Å². The molecule has 0 aliphatic heterocycles. The van der Waals surface area contributed by atoms with Crippen molar-refractivity contribution in [2.24, 2.45) is 5.73 Å². The van der Waals surface area contributed by atoms with Crippen LogP contribution in [0.2, 0.25) is 5.02 Å². The summed E-state index contributed by atoms with van der Waals surface area (Å²) in [5, 5.41) is 7.49. The maximum atomic E-state index is 13.3. The third kappa shape index (κ3) is 3.03. The fourth-order valence-corrected chi connectivity index (χ4v) is 1.81. The Kier molecular flexibility index (Phi) is 4.02. The normalized spacial score (nSPS) is 10.2. The fraction of sp³-hybridized carbons (Fsp3) is 0.0714. The number of ether oxygens (including phenoxy) is 1. The van der Waals surface area contributed by atoms with Crippen molar-refractivity contribution in [1.82, 2.24) is 0 Å². The van der Waals surface area contributed by atoms with E-state index in [1.165, 1.54) is 6.07 Å². The first-order valence-electron chi connectivity index (χ1n) is 5.58. The second-order valence-electron chi connectivity index (χ2n) is 3.91. The second-order valence-corrected chi connectivity index (χ2v) is 4.29. The Hall–Kier alpha value is -2.07. The summed E-state index contributed by atoms with van der Waals surface area (Å²) in [4.78, 5) is 0. The van der Waals surface area contributed by atoms with Gasteiger partial charge in [0, 0.05) is 5.56 Å². The van der Waals surface area contributed by atoms with E-state index < -0.39 is 5.82 Å². The Morgan fingerprint density at radius 1 is 1.21 bits per heavy atom. The van der Waals surface area contributed by atoms with Gasteiger partial charge in [0.05, 0.1) is 10.6 Å². The van der Waals surface area contributed by atoms with Gasteiger partial charge in [-0.15, -0.1) is 0 Å². The molecule has 0 radical (unpaired) electrons. The molecule has 0 aliphatic carbocycles. The molecule has 98 valence electrons. The highest BCUT2D eigenvalue weighted by molar-refractivity contribution is 6.31. The minimum atomic E-state index is -0.484. The van der Waals surface area contributed by atoms with Gasteiger partial charge in [0.2, 0.25) is 0 Å². The van der Waals surface area contributed by atoms with Gasteiger partial charge in [-0.3, -0.25) is 5.41 Å². The summed E-state index contributed by atoms with van der Waals surface area (Å²) < 4.78 is 18.8. The van der Waals surface area contributed by atoms with Crippen LogP contribution in [0.1, 0.15) is 11.1 Å². The number of rotatable bonds is 4. The van der Waals surface area contributed by atoms with Crippen molar-refractivity contribution in [1.29, 1.82) is 5.41 Å². The maximum absolute atomic E-state index is 13.3. The van der Waals surface area contributed by atoms with E-state index in [1.54, 1.807) is 36.4 Å². The van der Waals surface area contributed by atoms with Crippen molar-refractivity contribution < 1.29 is 9.13 Å². The van der Waals surface area contributed by atoms with E-state index in [4.69, 9.17) is 27.5 Å². The molecule has 0 heterocycles. The van der Waals surface area contributed by atoms with Crippen LogP contribution in [0.15, 0.2) is 42.5 Å². The molecule has 0 saturated heterocycles. The third-order valence-corrected chi connectivity index (χ3v) is 3.02. The molecule has 0 fully saturated rings. The first-order valence-corrected chi connectivity index (χ1v) is 5.96. The molecule has 0 unspecified atom stereocenters. The molecule has 2 aromatic rings. The molecule has 0 amide bonds. The Morgan fingerprint density at radius 3 is 2.68 bits per heavy atom. The van der Waals surface area contributed by atoms with Gasteiger partial charge in [-0.25, -0.2) is 4.39 Å². The lowest BCUT2D eigenvalue weighted by Crippen LogP contribution is -2.13. The van der Waals surface area contributed by atoms with Crippen molar-refractivity contribution in [3.63, 3.8) is 0 Å². The van der Waals surface area contributed by atoms with Crippen LogP contribution in [-0.4, -0.2) is 5.84 Å². The Bertz CT molecular complexity index is 616. The van der Waals surface area contributed by atoms with Crippen molar-refractivity contribution in [2.45, 2.75) is 6.61 Å². The number of amidine groups is 1. The van der Waals surface area contributed by atoms with Crippen LogP contribution in [0, 0.1) is 11.2 Å². The first kappa shape index (κ1) is 13.4. The summed E-state index contributed by atoms with van der Waals surface area (Å²) in [7, 11) is 0. The van der Waals surface area contributed by atoms with Crippen LogP contribution in [0.3, 0.4) is 0 Å². The SMILES string of the molecule is N=C(N)c1ccccc1OCc1cccc(F)c1Cl. The molecule has 5 heteroatoms. The third-order valence-electron chi connectivity index (χ3n) is 2.59. The minimum absolute atomic E-state index is 0.0443. The zero-order valence-electron chi connectivity index (χ0n) is 9.99. The number of nitrogens with two attached hydrogens (primary N) is 1. The predicted molar refractivity (Wildman–Crippen MR) is 73.2 cm³/mol. The zero-order valence-corrected chi connectivity index (χ0v) is 10.7. The molecule has 2 rings (SSSR count). The van der Waals surface area contributed by atoms with Crippen molar-refractivity contribution in [2.75, 3.05) is 0 Å². The lowest BCUT2D eigenvalue weighted by atomic mass is 10.2. The summed E-state index contributed by atoms with van der Waals surface area (Å²) in [6.07, 6.45) is 0. The first-order chi connectivity index (χ1) is 9.09. The fourth-order valence-electron chi connectivity index (χ4n) is 1.63. The summed E-state index contributed by atoms with van der Waals surface area (Å²) in [5.74, 6) is -0.0983. The standard InChI is InChI=1S/C14H12ClFN2O/c15-13-9(4-3-6-11(13)16)8-19-12-7-2-1-5-10(12)14(17)18/h1-7H,8H2,(H3,17,18). The number of halogens is 2. The number of hydrogen-bond donors (Lipinski definition) is 2. The summed E-state index contributed by atoms with van der Waals surface area (Å²) in [6, 6.07) is 11.5. The van der Waals surface area contributed by atoms with Crippen LogP contribution in [0.25, 0.3) is 0 Å². The van der Waals surface area contributed by atoms with Crippen LogP contribution in [0.4, 0.5) is 4.39 Å². The molecule has 3 N–H and O–H groups in total. The van der Waals surface area contributed by atoms with Crippen molar-refractivity contribution >= 4 is 17.4 Å². The lowest BCUT2D eigenvalue weighted by molar-refractivity contribution is 0.305. The maximum Gasteiger partial charge on any atom is 0.142 e. The van der Waals surface area contributed by atoms with Gasteiger partial charge >= 0.3 is 0 Å². The van der Waals surface area contributed by atoms with Gasteiger partial charge in [-0.05, 0) is 18.2 Å². The van der Waals surface area contributed by atoms with Crippen LogP contribution >= 0.6 is 11.6 Å². The van der Waals surface area contributed by atoms with Crippen molar-refractivity contribution in [3.8, 4) is 5.75 Å². The quantitative estimate of drug-likeness (QED) is 0.666. The van der Waals surface area contributed by atoms with E-state index in [2.05, 4.69) is 0 Å². The second kappa shape index (κ2) is 5.71.